The zero-order chi connectivity index (χ0) is 25.4. The molecule has 2 heteroatoms. The second-order valence-corrected chi connectivity index (χ2v) is 21.9. The van der Waals surface area contributed by atoms with Gasteiger partial charge in [0.2, 0.25) is 0 Å². The Morgan fingerprint density at radius 3 is 1.37 bits per heavy atom. The van der Waals surface area contributed by atoms with Crippen molar-refractivity contribution in [3.8, 4) is 0 Å². The second kappa shape index (κ2) is 10.1. The van der Waals surface area contributed by atoms with Crippen molar-refractivity contribution in [2.75, 3.05) is 0 Å². The maximum atomic E-state index is 2.52. The molecule has 0 atom stereocenters. The van der Waals surface area contributed by atoms with E-state index in [9.17, 15) is 0 Å². The van der Waals surface area contributed by atoms with Crippen molar-refractivity contribution in [2.24, 2.45) is 0 Å². The SMILES string of the molecule is c1ccc(Sc2ccc3c4c(cc[c]([Sn]([c]5ccccc5)([c]5ccccc5)[c]5ccccc5)c24)CC3)cc1. The quantitative estimate of drug-likeness (QED) is 0.195. The number of rotatable bonds is 6. The van der Waals surface area contributed by atoms with E-state index in [-0.39, 0.29) is 0 Å². The van der Waals surface area contributed by atoms with E-state index in [4.69, 9.17) is 0 Å². The van der Waals surface area contributed by atoms with Crippen LogP contribution in [0.2, 0.25) is 0 Å². The molecule has 0 aromatic heterocycles. The topological polar surface area (TPSA) is 0 Å². The normalized spacial score (nSPS) is 12.6. The first-order valence-corrected chi connectivity index (χ1v) is 19.9. The third-order valence-electron chi connectivity index (χ3n) is 7.95. The molecule has 0 aliphatic heterocycles. The van der Waals surface area contributed by atoms with Crippen molar-refractivity contribution in [3.05, 3.63) is 157 Å². The minimum atomic E-state index is -3.76. The number of hydrogen-bond acceptors (Lipinski definition) is 1. The summed E-state index contributed by atoms with van der Waals surface area (Å²) in [5.74, 6) is 0. The van der Waals surface area contributed by atoms with Gasteiger partial charge in [0.25, 0.3) is 0 Å². The Kier molecular flexibility index (Phi) is 6.35. The first-order valence-electron chi connectivity index (χ1n) is 13.3. The van der Waals surface area contributed by atoms with E-state index in [1.54, 1.807) is 3.58 Å². The van der Waals surface area contributed by atoms with E-state index in [1.807, 2.05) is 11.8 Å². The Bertz CT molecular complexity index is 1610. The molecule has 6 aromatic carbocycles. The predicted molar refractivity (Wildman–Crippen MR) is 166 cm³/mol. The maximum absolute atomic E-state index is 3.76. The summed E-state index contributed by atoms with van der Waals surface area (Å²) in [5.41, 5.74) is 3.01. The summed E-state index contributed by atoms with van der Waals surface area (Å²) in [6.07, 6.45) is 2.27. The zero-order valence-electron chi connectivity index (χ0n) is 21.2. The van der Waals surface area contributed by atoms with Gasteiger partial charge in [-0.15, -0.1) is 0 Å². The van der Waals surface area contributed by atoms with Gasteiger partial charge >= 0.3 is 235 Å². The van der Waals surface area contributed by atoms with E-state index in [0.29, 0.717) is 0 Å². The van der Waals surface area contributed by atoms with Crippen molar-refractivity contribution < 1.29 is 0 Å². The summed E-state index contributed by atoms with van der Waals surface area (Å²) < 4.78 is 6.04. The fourth-order valence-corrected chi connectivity index (χ4v) is 21.8. The molecule has 0 spiro atoms. The molecule has 1 aliphatic carbocycles. The zero-order valence-corrected chi connectivity index (χ0v) is 24.8. The first-order chi connectivity index (χ1) is 18.9. The number of aryl methyl sites for hydroxylation is 2. The van der Waals surface area contributed by atoms with Crippen LogP contribution in [0.25, 0.3) is 10.8 Å². The van der Waals surface area contributed by atoms with Crippen LogP contribution in [0.1, 0.15) is 11.1 Å². The van der Waals surface area contributed by atoms with Gasteiger partial charge in [-0.3, -0.25) is 0 Å². The summed E-state index contributed by atoms with van der Waals surface area (Å²) in [4.78, 5) is 2.66. The van der Waals surface area contributed by atoms with E-state index in [1.165, 1.54) is 42.4 Å². The Labute approximate surface area is 233 Å². The van der Waals surface area contributed by atoms with Gasteiger partial charge in [0.1, 0.15) is 0 Å². The summed E-state index contributed by atoms with van der Waals surface area (Å²) in [6, 6.07) is 54.8. The van der Waals surface area contributed by atoms with Gasteiger partial charge < -0.3 is 0 Å². The number of benzene rings is 6. The van der Waals surface area contributed by atoms with Crippen LogP contribution in [0.4, 0.5) is 0 Å². The van der Waals surface area contributed by atoms with Gasteiger partial charge in [0, 0.05) is 0 Å². The average Bonchev–Trinajstić information content (AvgIpc) is 3.42. The van der Waals surface area contributed by atoms with Gasteiger partial charge in [-0.2, -0.15) is 0 Å². The fourth-order valence-electron chi connectivity index (χ4n) is 6.34. The van der Waals surface area contributed by atoms with Crippen LogP contribution in [0.5, 0.6) is 0 Å². The summed E-state index contributed by atoms with van der Waals surface area (Å²) in [6.45, 7) is 0. The van der Waals surface area contributed by atoms with Crippen molar-refractivity contribution in [1.82, 2.24) is 0 Å². The minimum absolute atomic E-state index is 1.14. The van der Waals surface area contributed by atoms with Crippen LogP contribution >= 0.6 is 11.8 Å². The Balaban J connectivity index is 1.64. The molecule has 0 N–H and O–H groups in total. The van der Waals surface area contributed by atoms with Crippen LogP contribution in [-0.4, -0.2) is 18.4 Å². The van der Waals surface area contributed by atoms with E-state index in [0.717, 1.165) is 12.8 Å². The number of hydrogen-bond donors (Lipinski definition) is 0. The van der Waals surface area contributed by atoms with E-state index >= 15 is 0 Å². The Morgan fingerprint density at radius 2 is 0.868 bits per heavy atom. The average molecular weight is 611 g/mol. The first kappa shape index (κ1) is 23.8. The second-order valence-electron chi connectivity index (χ2n) is 10.0. The summed E-state index contributed by atoms with van der Waals surface area (Å²) in [5, 5.41) is 2.99. The molecule has 0 saturated heterocycles. The van der Waals surface area contributed by atoms with Crippen LogP contribution in [0.15, 0.2) is 155 Å². The van der Waals surface area contributed by atoms with Crippen molar-refractivity contribution in [1.29, 1.82) is 0 Å². The third kappa shape index (κ3) is 3.92. The molecule has 6 aromatic rings. The molecule has 0 fully saturated rings. The molecule has 0 unspecified atom stereocenters. The summed E-state index contributed by atoms with van der Waals surface area (Å²) >= 11 is -1.85. The molecule has 0 bridgehead atoms. The molecule has 0 amide bonds. The molecule has 0 nitrogen and oxygen atoms in total. The fraction of sp³-hybridized carbons (Fsp3) is 0.0556. The molecule has 0 heterocycles. The van der Waals surface area contributed by atoms with Crippen LogP contribution in [0, 0.1) is 0 Å². The molecule has 0 radical (unpaired) electrons. The molecular weight excluding hydrogens is 583 g/mol. The van der Waals surface area contributed by atoms with Gasteiger partial charge in [0.05, 0.1) is 0 Å². The molecule has 7 rings (SSSR count). The van der Waals surface area contributed by atoms with E-state index in [2.05, 4.69) is 146 Å². The van der Waals surface area contributed by atoms with Crippen molar-refractivity contribution >= 4 is 55.2 Å². The van der Waals surface area contributed by atoms with Crippen molar-refractivity contribution in [2.45, 2.75) is 22.6 Å². The van der Waals surface area contributed by atoms with Crippen LogP contribution < -0.4 is 14.3 Å². The van der Waals surface area contributed by atoms with Gasteiger partial charge in [-0.25, -0.2) is 0 Å². The molecular formula is C36H28SSn. The Morgan fingerprint density at radius 1 is 0.421 bits per heavy atom. The standard InChI is InChI=1S/C18H13S.3C6H5.Sn/c1-2-6-15(7-3-1)19-17-12-11-14-10-9-13-5-4-8-16(17)18(13)14;3*1-2-4-6-5-3-1;/h1-7,11-12H,9-10H2;3*1-5H;. The van der Waals surface area contributed by atoms with Gasteiger partial charge in [-0.1, -0.05) is 0 Å². The molecule has 1 aliphatic rings. The Hall–Kier alpha value is -3.27. The van der Waals surface area contributed by atoms with Crippen molar-refractivity contribution in [3.63, 3.8) is 0 Å². The predicted octanol–water partition coefficient (Wildman–Crippen LogP) is 6.47. The third-order valence-corrected chi connectivity index (χ3v) is 22.8. The monoisotopic (exact) mass is 612 g/mol. The van der Waals surface area contributed by atoms with Gasteiger partial charge in [0.15, 0.2) is 0 Å². The molecule has 182 valence electrons. The van der Waals surface area contributed by atoms with Gasteiger partial charge in [-0.05, 0) is 0 Å². The van der Waals surface area contributed by atoms with E-state index < -0.39 is 18.4 Å². The summed E-state index contributed by atoms with van der Waals surface area (Å²) in [7, 11) is 0. The molecule has 0 saturated carbocycles. The molecule has 38 heavy (non-hydrogen) atoms. The van der Waals surface area contributed by atoms with Crippen LogP contribution in [-0.2, 0) is 12.8 Å². The van der Waals surface area contributed by atoms with Crippen LogP contribution in [0.3, 0.4) is 0 Å².